The number of allylic oxidation sites excluding steroid dienone is 8. The number of hydrogen-bond acceptors (Lipinski definition) is 3. The van der Waals surface area contributed by atoms with Gasteiger partial charge < -0.3 is 18.8 Å². The number of rotatable bonds is 12. The molecule has 2 heterocycles. The second-order valence-electron chi connectivity index (χ2n) is 30.8. The molecule has 4 nitrogen and oxygen atoms in total. The smallest absolute Gasteiger partial charge is 0.143 e. The van der Waals surface area contributed by atoms with E-state index in [4.69, 9.17) is 4.42 Å². The Morgan fingerprint density at radius 2 is 0.800 bits per heavy atom. The molecule has 0 aliphatic heterocycles. The molecular formula is C106H75N3O. The Morgan fingerprint density at radius 3 is 1.48 bits per heavy atom. The van der Waals surface area contributed by atoms with E-state index >= 15 is 0 Å². The van der Waals surface area contributed by atoms with Crippen molar-refractivity contribution in [3.05, 3.63) is 415 Å². The van der Waals surface area contributed by atoms with Gasteiger partial charge in [-0.2, -0.15) is 0 Å². The maximum atomic E-state index is 6.56. The van der Waals surface area contributed by atoms with Crippen LogP contribution in [0.3, 0.4) is 0 Å². The zero-order chi connectivity index (χ0) is 72.8. The molecule has 0 unspecified atom stereocenters. The van der Waals surface area contributed by atoms with Gasteiger partial charge in [-0.15, -0.1) is 0 Å². The Bertz CT molecular complexity index is 6860. The average Bonchev–Trinajstić information content (AvgIpc) is 1.51. The summed E-state index contributed by atoms with van der Waals surface area (Å²) in [6, 6.07) is 127. The van der Waals surface area contributed by atoms with Crippen molar-refractivity contribution in [3.63, 3.8) is 0 Å². The second kappa shape index (κ2) is 25.0. The molecule has 0 amide bonds. The Kier molecular flexibility index (Phi) is 14.5. The molecule has 2 aromatic heterocycles. The fraction of sp³-hybridized carbons (Fsp3) is 0.0755. The first kappa shape index (κ1) is 63.7. The number of hydrogen-bond donors (Lipinski definition) is 0. The van der Waals surface area contributed by atoms with Crippen LogP contribution in [0.5, 0.6) is 0 Å². The van der Waals surface area contributed by atoms with Crippen LogP contribution in [0.1, 0.15) is 78.5 Å². The summed E-state index contributed by atoms with van der Waals surface area (Å²) >= 11 is 0. The highest BCUT2D eigenvalue weighted by Gasteiger charge is 2.46. The molecule has 16 aromatic carbocycles. The van der Waals surface area contributed by atoms with Crippen molar-refractivity contribution in [2.24, 2.45) is 0 Å². The Hall–Kier alpha value is -13.5. The van der Waals surface area contributed by atoms with Gasteiger partial charge in [-0.25, -0.2) is 0 Å². The molecule has 4 heteroatoms. The van der Waals surface area contributed by atoms with Crippen molar-refractivity contribution in [3.8, 4) is 39.1 Å². The lowest BCUT2D eigenvalue weighted by atomic mass is 9.67. The first-order chi connectivity index (χ1) is 54.3. The van der Waals surface area contributed by atoms with Gasteiger partial charge in [0.2, 0.25) is 0 Å². The third-order valence-corrected chi connectivity index (χ3v) is 24.6. The highest BCUT2D eigenvalue weighted by molar-refractivity contribution is 6.26. The van der Waals surface area contributed by atoms with Gasteiger partial charge in [-0.3, -0.25) is 0 Å². The van der Waals surface area contributed by atoms with Crippen molar-refractivity contribution in [1.82, 2.24) is 4.57 Å². The lowest BCUT2D eigenvalue weighted by molar-refractivity contribution is 0.607. The standard InChI is InChI=1S/C106H75N3O/c1-105(2)97-33-14-8-25-87(97)90-64-61-81(67-100(90)105)108(78-56-58-79(59-57-78)109-101-36-17-11-28-91(101)92-29-12-18-37-102(92)109)80-60-63-86-95-65-72(45-62-85(95)83-23-6-7-24-84(83)96(86)66-80)70-39-46-73(47-40-70)106(98-34-15-9-26-88(98)89-27-10-16-35-99(89)106)74-48-54-77(55-49-74)107(75-50-41-69(42-51-75)68-21-4-3-5-22-68)76-52-43-71(44-53-76)82-31-20-32-94-93-30-13-19-38-103(93)110-104(82)94/h4,6-13,15-32,34-67H,3,5,14,33H2,1-2H3. The third-order valence-electron chi connectivity index (χ3n) is 24.6. The lowest BCUT2D eigenvalue weighted by Crippen LogP contribution is -2.28. The van der Waals surface area contributed by atoms with Gasteiger partial charge in [0, 0.05) is 72.3 Å². The van der Waals surface area contributed by atoms with Crippen LogP contribution in [0.2, 0.25) is 0 Å². The van der Waals surface area contributed by atoms with Crippen LogP contribution in [0.25, 0.3) is 126 Å². The maximum Gasteiger partial charge on any atom is 0.143 e. The Balaban J connectivity index is 0.648. The van der Waals surface area contributed by atoms with Crippen molar-refractivity contribution < 1.29 is 4.42 Å². The van der Waals surface area contributed by atoms with E-state index in [9.17, 15) is 0 Å². The van der Waals surface area contributed by atoms with Gasteiger partial charge >= 0.3 is 0 Å². The number of furan rings is 1. The first-order valence-corrected chi connectivity index (χ1v) is 38.8. The number of aromatic nitrogens is 1. The number of para-hydroxylation sites is 4. The highest BCUT2D eigenvalue weighted by Crippen LogP contribution is 2.58. The van der Waals surface area contributed by atoms with Crippen LogP contribution < -0.4 is 9.80 Å². The minimum Gasteiger partial charge on any atom is -0.455 e. The largest absolute Gasteiger partial charge is 0.455 e. The van der Waals surface area contributed by atoms with Gasteiger partial charge in [-0.1, -0.05) is 280 Å². The van der Waals surface area contributed by atoms with Crippen molar-refractivity contribution >= 4 is 121 Å². The SMILES string of the molecule is CC1(C)C2=C(C=CCC2)c2ccc(N(c3ccc(-n4c5ccccc5c5ccccc54)cc3)c3ccc4c5cc(-c6ccc(C7(c8ccc(N(c9ccc(C%10=CCCC=C%10)cc9)c9ccc(-c%10cccc%11c%10oc%10ccccc%10%11)cc9)cc8)c8ccccc8-c8ccccc87)cc6)ccc5c5ccccc5c4c3)cc21. The normalized spacial score (nSPS) is 14.6. The van der Waals surface area contributed by atoms with Crippen molar-refractivity contribution in [1.29, 1.82) is 0 Å². The fourth-order valence-corrected chi connectivity index (χ4v) is 19.5. The monoisotopic (exact) mass is 1410 g/mol. The van der Waals surface area contributed by atoms with Crippen LogP contribution >= 0.6 is 0 Å². The number of nitrogens with zero attached hydrogens (tertiary/aromatic N) is 3. The van der Waals surface area contributed by atoms with Gasteiger partial charge in [0.1, 0.15) is 11.2 Å². The molecule has 0 saturated heterocycles. The van der Waals surface area contributed by atoms with Crippen molar-refractivity contribution in [2.75, 3.05) is 9.80 Å². The molecule has 0 fully saturated rings. The van der Waals surface area contributed by atoms with E-state index in [2.05, 4.69) is 392 Å². The number of benzene rings is 16. The topological polar surface area (TPSA) is 24.6 Å². The Labute approximate surface area is 640 Å². The molecule has 0 saturated carbocycles. The molecule has 4 aliphatic rings. The predicted octanol–water partition coefficient (Wildman–Crippen LogP) is 28.9. The number of fused-ring (bicyclic) bond motifs is 17. The van der Waals surface area contributed by atoms with E-state index < -0.39 is 5.41 Å². The van der Waals surface area contributed by atoms with E-state index in [1.54, 1.807) is 5.57 Å². The summed E-state index contributed by atoms with van der Waals surface area (Å²) in [5, 5.41) is 12.2. The van der Waals surface area contributed by atoms with Crippen LogP contribution in [0.4, 0.5) is 34.1 Å². The van der Waals surface area contributed by atoms with E-state index in [0.29, 0.717) is 0 Å². The minimum absolute atomic E-state index is 0.0933. The van der Waals surface area contributed by atoms with Gasteiger partial charge in [0.05, 0.1) is 16.4 Å². The minimum atomic E-state index is -0.626. The fourth-order valence-electron chi connectivity index (χ4n) is 19.5. The predicted molar refractivity (Wildman–Crippen MR) is 463 cm³/mol. The van der Waals surface area contributed by atoms with E-state index in [0.717, 1.165) is 104 Å². The molecule has 0 N–H and O–H groups in total. The number of anilines is 6. The van der Waals surface area contributed by atoms with Crippen LogP contribution in [-0.4, -0.2) is 4.57 Å². The summed E-state index contributed by atoms with van der Waals surface area (Å²) in [5.41, 5.74) is 31.4. The molecule has 4 aliphatic carbocycles. The molecule has 0 radical (unpaired) electrons. The van der Waals surface area contributed by atoms with Gasteiger partial charge in [0.15, 0.2) is 0 Å². The molecule has 0 bridgehead atoms. The molecule has 22 rings (SSSR count). The molecule has 0 spiro atoms. The summed E-state index contributed by atoms with van der Waals surface area (Å²) < 4.78 is 8.98. The first-order valence-electron chi connectivity index (χ1n) is 38.8. The summed E-state index contributed by atoms with van der Waals surface area (Å²) in [6.45, 7) is 4.86. The summed E-state index contributed by atoms with van der Waals surface area (Å²) in [4.78, 5) is 4.89. The van der Waals surface area contributed by atoms with Gasteiger partial charge in [-0.05, 0) is 245 Å². The van der Waals surface area contributed by atoms with Gasteiger partial charge in [0.25, 0.3) is 0 Å². The lowest BCUT2D eigenvalue weighted by Gasteiger charge is -2.34. The third kappa shape index (κ3) is 9.78. The maximum absolute atomic E-state index is 6.56. The van der Waals surface area contributed by atoms with E-state index in [-0.39, 0.29) is 5.41 Å². The van der Waals surface area contributed by atoms with E-state index in [1.807, 2.05) is 6.07 Å². The molecule has 520 valence electrons. The summed E-state index contributed by atoms with van der Waals surface area (Å²) in [7, 11) is 0. The quantitative estimate of drug-likeness (QED) is 0.114. The molecule has 0 atom stereocenters. The molecular weight excluding hydrogens is 1330 g/mol. The van der Waals surface area contributed by atoms with Crippen LogP contribution in [-0.2, 0) is 10.8 Å². The zero-order valence-electron chi connectivity index (χ0n) is 61.3. The van der Waals surface area contributed by atoms with Crippen molar-refractivity contribution in [2.45, 2.75) is 50.4 Å². The zero-order valence-corrected chi connectivity index (χ0v) is 61.3. The summed E-state index contributed by atoms with van der Waals surface area (Å²) in [5.74, 6) is 0. The molecule has 18 aromatic rings. The highest BCUT2D eigenvalue weighted by atomic mass is 16.3. The van der Waals surface area contributed by atoms with E-state index in [1.165, 1.54) is 121 Å². The van der Waals surface area contributed by atoms with Crippen LogP contribution in [0.15, 0.2) is 380 Å². The average molecular weight is 1410 g/mol. The molecule has 110 heavy (non-hydrogen) atoms. The second-order valence-corrected chi connectivity index (χ2v) is 30.8. The van der Waals surface area contributed by atoms with Crippen LogP contribution in [0, 0.1) is 0 Å². The Morgan fingerprint density at radius 1 is 0.318 bits per heavy atom. The summed E-state index contributed by atoms with van der Waals surface area (Å²) in [6.07, 6.45) is 15.9.